The van der Waals surface area contributed by atoms with Crippen molar-refractivity contribution in [1.29, 1.82) is 0 Å². The van der Waals surface area contributed by atoms with Crippen LogP contribution in [0.25, 0.3) is 0 Å². The highest BCUT2D eigenvalue weighted by Crippen LogP contribution is 2.37. The highest BCUT2D eigenvalue weighted by atomic mass is 35.5. The van der Waals surface area contributed by atoms with Crippen LogP contribution in [-0.4, -0.2) is 57.7 Å². The summed E-state index contributed by atoms with van der Waals surface area (Å²) >= 11 is 6.21. The van der Waals surface area contributed by atoms with E-state index in [0.29, 0.717) is 17.2 Å². The average molecular weight is 676 g/mol. The molecule has 0 atom stereocenters. The van der Waals surface area contributed by atoms with Gasteiger partial charge in [-0.3, -0.25) is 13.8 Å². The largest absolute Gasteiger partial charge is 0.497 e. The average Bonchev–Trinajstić information content (AvgIpc) is 3.03. The van der Waals surface area contributed by atoms with Crippen LogP contribution in [0.2, 0.25) is 5.02 Å². The van der Waals surface area contributed by atoms with Crippen molar-refractivity contribution < 1.29 is 40.6 Å². The summed E-state index contributed by atoms with van der Waals surface area (Å²) in [5.41, 5.74) is 0.575. The molecule has 0 saturated heterocycles. The molecule has 0 unspecified atom stereocenters. The molecule has 0 aliphatic rings. The Labute approximate surface area is 266 Å². The Morgan fingerprint density at radius 1 is 0.689 bits per heavy atom. The minimum absolute atomic E-state index is 0.0148. The van der Waals surface area contributed by atoms with Gasteiger partial charge in [-0.05, 0) is 78.9 Å². The van der Waals surface area contributed by atoms with Crippen LogP contribution >= 0.6 is 11.6 Å². The summed E-state index contributed by atoms with van der Waals surface area (Å²) in [7, 11) is -2.71. The second-order valence-electron chi connectivity index (χ2n) is 9.25. The summed E-state index contributed by atoms with van der Waals surface area (Å²) in [4.78, 5) is 13.0. The van der Waals surface area contributed by atoms with Crippen LogP contribution in [0.1, 0.15) is 0 Å². The quantitative estimate of drug-likeness (QED) is 0.199. The molecule has 12 nitrogen and oxygen atoms in total. The zero-order valence-electron chi connectivity index (χ0n) is 24.6. The lowest BCUT2D eigenvalue weighted by atomic mass is 10.3. The van der Waals surface area contributed by atoms with Crippen molar-refractivity contribution >= 4 is 54.6 Å². The third-order valence-corrected chi connectivity index (χ3v) is 9.82. The van der Waals surface area contributed by atoms with Gasteiger partial charge in [0.25, 0.3) is 20.0 Å². The molecule has 4 aromatic carbocycles. The summed E-state index contributed by atoms with van der Waals surface area (Å²) in [6.07, 6.45) is 0. The second kappa shape index (κ2) is 14.0. The predicted molar refractivity (Wildman–Crippen MR) is 171 cm³/mol. The number of amides is 1. The van der Waals surface area contributed by atoms with Crippen LogP contribution in [0, 0.1) is 0 Å². The molecule has 0 aliphatic heterocycles. The van der Waals surface area contributed by atoms with Gasteiger partial charge in [-0.15, -0.1) is 0 Å². The van der Waals surface area contributed by atoms with Gasteiger partial charge in [-0.2, -0.15) is 0 Å². The molecule has 0 radical (unpaired) electrons. The van der Waals surface area contributed by atoms with Gasteiger partial charge in [0.2, 0.25) is 5.91 Å². The van der Waals surface area contributed by atoms with Crippen molar-refractivity contribution in [1.82, 2.24) is 0 Å². The number of benzene rings is 4. The normalized spacial score (nSPS) is 11.3. The molecular formula is C30H30ClN3O9S2. The van der Waals surface area contributed by atoms with Crippen molar-refractivity contribution in [3.8, 4) is 23.0 Å². The number of nitrogens with zero attached hydrogens (tertiary/aromatic N) is 1. The molecular weight excluding hydrogens is 646 g/mol. The molecule has 45 heavy (non-hydrogen) atoms. The molecule has 0 aliphatic carbocycles. The van der Waals surface area contributed by atoms with E-state index < -0.39 is 32.5 Å². The number of sulfonamides is 2. The van der Waals surface area contributed by atoms with Crippen molar-refractivity contribution in [3.05, 3.63) is 90.0 Å². The maximum absolute atomic E-state index is 14.0. The number of hydrogen-bond donors (Lipinski definition) is 2. The van der Waals surface area contributed by atoms with Crippen LogP contribution in [0.4, 0.5) is 17.1 Å². The van der Waals surface area contributed by atoms with Gasteiger partial charge in [0.1, 0.15) is 18.0 Å². The second-order valence-corrected chi connectivity index (χ2v) is 13.2. The lowest BCUT2D eigenvalue weighted by molar-refractivity contribution is -0.114. The van der Waals surface area contributed by atoms with E-state index in [1.54, 1.807) is 24.3 Å². The maximum atomic E-state index is 14.0. The lowest BCUT2D eigenvalue weighted by Crippen LogP contribution is -2.38. The Morgan fingerprint density at radius 2 is 1.27 bits per heavy atom. The molecule has 0 aromatic heterocycles. The van der Waals surface area contributed by atoms with Crippen molar-refractivity contribution in [2.75, 3.05) is 49.3 Å². The Hall–Kier alpha value is -4.66. The number of rotatable bonds is 13. The summed E-state index contributed by atoms with van der Waals surface area (Å²) in [6, 6.07) is 20.1. The summed E-state index contributed by atoms with van der Waals surface area (Å²) in [5.74, 6) is 0.466. The van der Waals surface area contributed by atoms with Crippen molar-refractivity contribution in [2.24, 2.45) is 0 Å². The molecule has 4 rings (SSSR count). The number of carbonyl (C=O) groups excluding carboxylic acids is 1. The lowest BCUT2D eigenvalue weighted by Gasteiger charge is -2.26. The number of anilines is 3. The highest BCUT2D eigenvalue weighted by Gasteiger charge is 2.31. The first-order valence-corrected chi connectivity index (χ1v) is 16.4. The molecule has 1 amide bonds. The van der Waals surface area contributed by atoms with E-state index in [1.165, 1.54) is 89.1 Å². The van der Waals surface area contributed by atoms with E-state index in [0.717, 1.165) is 4.31 Å². The molecule has 2 N–H and O–H groups in total. The first kappa shape index (κ1) is 33.2. The summed E-state index contributed by atoms with van der Waals surface area (Å²) in [5, 5.41) is 2.81. The molecule has 0 spiro atoms. The third kappa shape index (κ3) is 7.71. The fourth-order valence-corrected chi connectivity index (χ4v) is 6.85. The Bertz CT molecular complexity index is 1890. The number of methoxy groups -OCH3 is 4. The zero-order valence-corrected chi connectivity index (χ0v) is 27.0. The molecule has 0 fully saturated rings. The van der Waals surface area contributed by atoms with Gasteiger partial charge in [-0.25, -0.2) is 16.8 Å². The minimum atomic E-state index is -4.41. The number of hydrogen-bond acceptors (Lipinski definition) is 9. The number of carbonyl (C=O) groups is 1. The molecule has 0 heterocycles. The summed E-state index contributed by atoms with van der Waals surface area (Å²) in [6.45, 7) is -0.688. The number of nitrogens with one attached hydrogen (secondary N) is 2. The molecule has 0 saturated carbocycles. The van der Waals surface area contributed by atoms with E-state index in [1.807, 2.05) is 0 Å². The monoisotopic (exact) mass is 675 g/mol. The van der Waals surface area contributed by atoms with Crippen LogP contribution in [0.5, 0.6) is 23.0 Å². The Balaban J connectivity index is 1.60. The van der Waals surface area contributed by atoms with Crippen LogP contribution < -0.4 is 33.3 Å². The predicted octanol–water partition coefficient (Wildman–Crippen LogP) is 5.01. The first-order valence-electron chi connectivity index (χ1n) is 13.1. The van der Waals surface area contributed by atoms with Gasteiger partial charge in [0.05, 0.1) is 43.9 Å². The van der Waals surface area contributed by atoms with Gasteiger partial charge >= 0.3 is 0 Å². The first-order chi connectivity index (χ1) is 21.4. The fraction of sp³-hybridized carbons (Fsp3) is 0.167. The molecule has 238 valence electrons. The standard InChI is InChI=1S/C30H30ClN3O9S2/c1-40-23-10-6-22(7-11-23)33-44(36,37)24-12-8-21(9-13-24)32-30(35)19-34(26-17-20(31)5-15-27(26)41-2)45(38,39)25-14-16-28(42-3)29(18-25)43-4/h5-18,33H,19H2,1-4H3,(H,32,35). The summed E-state index contributed by atoms with van der Waals surface area (Å²) < 4.78 is 78.0. The maximum Gasteiger partial charge on any atom is 0.265 e. The number of halogens is 1. The molecule has 0 bridgehead atoms. The highest BCUT2D eigenvalue weighted by molar-refractivity contribution is 7.93. The van der Waals surface area contributed by atoms with Crippen molar-refractivity contribution in [3.63, 3.8) is 0 Å². The SMILES string of the molecule is COc1ccc(NS(=O)(=O)c2ccc(NC(=O)CN(c3cc(Cl)ccc3OC)S(=O)(=O)c3ccc(OC)c(OC)c3)cc2)cc1. The molecule has 15 heteroatoms. The van der Waals surface area contributed by atoms with Crippen molar-refractivity contribution in [2.45, 2.75) is 9.79 Å². The van der Waals surface area contributed by atoms with Gasteiger partial charge in [0.15, 0.2) is 11.5 Å². The third-order valence-electron chi connectivity index (χ3n) is 6.43. The fourth-order valence-electron chi connectivity index (χ4n) is 4.18. The van der Waals surface area contributed by atoms with E-state index in [-0.39, 0.29) is 37.7 Å². The van der Waals surface area contributed by atoms with E-state index >= 15 is 0 Å². The van der Waals surface area contributed by atoms with E-state index in [2.05, 4.69) is 10.0 Å². The van der Waals surface area contributed by atoms with Crippen LogP contribution in [0.3, 0.4) is 0 Å². The Morgan fingerprint density at radius 3 is 1.87 bits per heavy atom. The van der Waals surface area contributed by atoms with E-state index in [9.17, 15) is 21.6 Å². The smallest absolute Gasteiger partial charge is 0.265 e. The van der Waals surface area contributed by atoms with Crippen LogP contribution in [0.15, 0.2) is 94.7 Å². The molecule has 4 aromatic rings. The topological polar surface area (TPSA) is 150 Å². The van der Waals surface area contributed by atoms with E-state index in [4.69, 9.17) is 30.5 Å². The Kier molecular flexibility index (Phi) is 10.3. The van der Waals surface area contributed by atoms with Gasteiger partial charge in [-0.1, -0.05) is 11.6 Å². The zero-order chi connectivity index (χ0) is 32.8. The van der Waals surface area contributed by atoms with Gasteiger partial charge < -0.3 is 24.3 Å². The minimum Gasteiger partial charge on any atom is -0.497 e. The number of ether oxygens (including phenoxy) is 4. The van der Waals surface area contributed by atoms with Crippen LogP contribution in [-0.2, 0) is 24.8 Å². The van der Waals surface area contributed by atoms with Gasteiger partial charge in [0, 0.05) is 22.5 Å².